The largest absolute Gasteiger partial charge is 0.481 e. The van der Waals surface area contributed by atoms with E-state index in [1.807, 2.05) is 61.5 Å². The molecule has 1 atom stereocenters. The van der Waals surface area contributed by atoms with Crippen LogP contribution in [-0.4, -0.2) is 17.7 Å². The maximum Gasteiger partial charge on any atom is 0.280 e. The van der Waals surface area contributed by atoms with Crippen LogP contribution in [0.2, 0.25) is 0 Å². The Bertz CT molecular complexity index is 966. The molecule has 3 N–H and O–H groups in total. The van der Waals surface area contributed by atoms with E-state index in [1.54, 1.807) is 19.1 Å². The third kappa shape index (κ3) is 4.19. The number of ether oxygens (including phenoxy) is 1. The Morgan fingerprint density at radius 3 is 2.58 bits per heavy atom. The van der Waals surface area contributed by atoms with Crippen molar-refractivity contribution in [1.29, 1.82) is 0 Å². The van der Waals surface area contributed by atoms with E-state index in [0.717, 1.165) is 16.3 Å². The van der Waals surface area contributed by atoms with Gasteiger partial charge < -0.3 is 10.5 Å². The molecular weight excluding hydrogens is 326 g/mol. The summed E-state index contributed by atoms with van der Waals surface area (Å²) in [6, 6.07) is 21.1. The Hall–Kier alpha value is -3.34. The summed E-state index contributed by atoms with van der Waals surface area (Å²) in [5.74, 6) is 0.323. The second kappa shape index (κ2) is 7.70. The zero-order valence-electron chi connectivity index (χ0n) is 14.8. The van der Waals surface area contributed by atoms with Gasteiger partial charge in [0.05, 0.1) is 5.71 Å². The van der Waals surface area contributed by atoms with E-state index >= 15 is 0 Å². The highest BCUT2D eigenvalue weighted by Gasteiger charge is 2.14. The number of benzene rings is 3. The number of amides is 1. The van der Waals surface area contributed by atoms with Crippen LogP contribution in [0.3, 0.4) is 0 Å². The van der Waals surface area contributed by atoms with Gasteiger partial charge in [0.25, 0.3) is 5.91 Å². The van der Waals surface area contributed by atoms with E-state index in [9.17, 15) is 4.79 Å². The van der Waals surface area contributed by atoms with Gasteiger partial charge in [0.2, 0.25) is 0 Å². The zero-order valence-corrected chi connectivity index (χ0v) is 14.8. The number of rotatable bonds is 5. The molecule has 0 saturated carbocycles. The summed E-state index contributed by atoms with van der Waals surface area (Å²) in [4.78, 5) is 12.2. The van der Waals surface area contributed by atoms with Gasteiger partial charge in [0, 0.05) is 5.69 Å². The van der Waals surface area contributed by atoms with Crippen molar-refractivity contribution in [2.24, 2.45) is 5.10 Å². The third-order valence-corrected chi connectivity index (χ3v) is 4.04. The summed E-state index contributed by atoms with van der Waals surface area (Å²) in [6.07, 6.45) is -0.673. The van der Waals surface area contributed by atoms with E-state index < -0.39 is 6.10 Å². The number of fused-ring (bicyclic) bond motifs is 1. The molecule has 3 aromatic rings. The van der Waals surface area contributed by atoms with Crippen LogP contribution in [0.1, 0.15) is 19.4 Å². The molecule has 5 nitrogen and oxygen atoms in total. The minimum atomic E-state index is -0.673. The standard InChI is InChI=1S/C21H21N3O2/c1-14(17-8-5-9-19(22)12-17)23-24-21(25)15(2)26-20-11-10-16-6-3-4-7-18(16)13-20/h3-13,15H,22H2,1-2H3,(H,24,25). The lowest BCUT2D eigenvalue weighted by Crippen LogP contribution is -2.33. The monoisotopic (exact) mass is 347 g/mol. The van der Waals surface area contributed by atoms with Gasteiger partial charge in [-0.3, -0.25) is 4.79 Å². The van der Waals surface area contributed by atoms with E-state index in [0.29, 0.717) is 17.1 Å². The maximum absolute atomic E-state index is 12.2. The number of hydrazone groups is 1. The highest BCUT2D eigenvalue weighted by atomic mass is 16.5. The zero-order chi connectivity index (χ0) is 18.5. The summed E-state index contributed by atoms with van der Waals surface area (Å²) < 4.78 is 5.74. The average molecular weight is 347 g/mol. The van der Waals surface area contributed by atoms with Gasteiger partial charge in [-0.15, -0.1) is 0 Å². The van der Waals surface area contributed by atoms with Crippen LogP contribution in [0.4, 0.5) is 5.69 Å². The molecule has 0 radical (unpaired) electrons. The van der Waals surface area contributed by atoms with Crippen LogP contribution < -0.4 is 15.9 Å². The van der Waals surface area contributed by atoms with Crippen molar-refractivity contribution in [1.82, 2.24) is 5.43 Å². The predicted octanol–water partition coefficient (Wildman–Crippen LogP) is 3.73. The number of anilines is 1. The second-order valence-corrected chi connectivity index (χ2v) is 6.07. The topological polar surface area (TPSA) is 76.7 Å². The van der Waals surface area contributed by atoms with Gasteiger partial charge >= 0.3 is 0 Å². The number of nitrogens with zero attached hydrogens (tertiary/aromatic N) is 1. The van der Waals surface area contributed by atoms with Gasteiger partial charge in [-0.2, -0.15) is 5.10 Å². The number of hydrogen-bond donors (Lipinski definition) is 2. The summed E-state index contributed by atoms with van der Waals surface area (Å²) in [5, 5.41) is 6.32. The summed E-state index contributed by atoms with van der Waals surface area (Å²) in [6.45, 7) is 3.50. The number of nitrogens with one attached hydrogen (secondary N) is 1. The predicted molar refractivity (Wildman–Crippen MR) is 105 cm³/mol. The Labute approximate surface area is 152 Å². The summed E-state index contributed by atoms with van der Waals surface area (Å²) >= 11 is 0. The molecule has 3 rings (SSSR count). The van der Waals surface area contributed by atoms with Crippen LogP contribution in [0.5, 0.6) is 5.75 Å². The number of nitrogen functional groups attached to an aromatic ring is 1. The number of nitrogens with two attached hydrogens (primary N) is 1. The van der Waals surface area contributed by atoms with E-state index in [2.05, 4.69) is 10.5 Å². The first kappa shape index (κ1) is 17.5. The SMILES string of the molecule is CC(=NNC(=O)C(C)Oc1ccc2ccccc2c1)c1cccc(N)c1. The quantitative estimate of drug-likeness (QED) is 0.419. The lowest BCUT2D eigenvalue weighted by atomic mass is 10.1. The molecule has 0 aromatic heterocycles. The molecular formula is C21H21N3O2. The molecule has 0 spiro atoms. The van der Waals surface area contributed by atoms with Gasteiger partial charge in [-0.05, 0) is 54.4 Å². The Morgan fingerprint density at radius 2 is 1.81 bits per heavy atom. The molecule has 0 aliphatic carbocycles. The highest BCUT2D eigenvalue weighted by Crippen LogP contribution is 2.21. The maximum atomic E-state index is 12.2. The molecule has 0 fully saturated rings. The van der Waals surface area contributed by atoms with E-state index in [-0.39, 0.29) is 5.91 Å². The van der Waals surface area contributed by atoms with Crippen LogP contribution in [0, 0.1) is 0 Å². The Morgan fingerprint density at radius 1 is 1.04 bits per heavy atom. The average Bonchev–Trinajstić information content (AvgIpc) is 2.65. The number of carbonyl (C=O) groups is 1. The van der Waals surface area contributed by atoms with E-state index in [1.165, 1.54) is 0 Å². The van der Waals surface area contributed by atoms with Gasteiger partial charge in [-0.25, -0.2) is 5.43 Å². The van der Waals surface area contributed by atoms with Crippen molar-refractivity contribution in [3.05, 3.63) is 72.3 Å². The molecule has 132 valence electrons. The Balaban J connectivity index is 1.64. The fourth-order valence-corrected chi connectivity index (χ4v) is 2.56. The molecule has 0 bridgehead atoms. The number of carbonyl (C=O) groups excluding carboxylic acids is 1. The lowest BCUT2D eigenvalue weighted by Gasteiger charge is -2.14. The molecule has 26 heavy (non-hydrogen) atoms. The molecule has 0 heterocycles. The van der Waals surface area contributed by atoms with Crippen molar-refractivity contribution in [3.63, 3.8) is 0 Å². The van der Waals surface area contributed by atoms with Crippen LogP contribution in [0.15, 0.2) is 71.8 Å². The van der Waals surface area contributed by atoms with Crippen molar-refractivity contribution in [2.75, 3.05) is 5.73 Å². The van der Waals surface area contributed by atoms with E-state index in [4.69, 9.17) is 10.5 Å². The minimum Gasteiger partial charge on any atom is -0.481 e. The molecule has 0 aliphatic rings. The fourth-order valence-electron chi connectivity index (χ4n) is 2.56. The first-order valence-corrected chi connectivity index (χ1v) is 8.38. The second-order valence-electron chi connectivity index (χ2n) is 6.07. The highest BCUT2D eigenvalue weighted by molar-refractivity contribution is 6.00. The van der Waals surface area contributed by atoms with Crippen molar-refractivity contribution in [2.45, 2.75) is 20.0 Å². The lowest BCUT2D eigenvalue weighted by molar-refractivity contribution is -0.127. The normalized spacial score (nSPS) is 12.6. The smallest absolute Gasteiger partial charge is 0.280 e. The summed E-state index contributed by atoms with van der Waals surface area (Å²) in [7, 11) is 0. The molecule has 5 heteroatoms. The molecule has 1 unspecified atom stereocenters. The molecule has 0 saturated heterocycles. The molecule has 1 amide bonds. The van der Waals surface area contributed by atoms with Crippen LogP contribution >= 0.6 is 0 Å². The van der Waals surface area contributed by atoms with Crippen molar-refractivity contribution in [3.8, 4) is 5.75 Å². The third-order valence-electron chi connectivity index (χ3n) is 4.04. The van der Waals surface area contributed by atoms with Gasteiger partial charge in [-0.1, -0.05) is 42.5 Å². The van der Waals surface area contributed by atoms with Crippen LogP contribution in [-0.2, 0) is 4.79 Å². The summed E-state index contributed by atoms with van der Waals surface area (Å²) in [5.41, 5.74) is 10.5. The first-order chi connectivity index (χ1) is 12.5. The van der Waals surface area contributed by atoms with Gasteiger partial charge in [0.15, 0.2) is 6.10 Å². The van der Waals surface area contributed by atoms with Crippen LogP contribution in [0.25, 0.3) is 10.8 Å². The molecule has 3 aromatic carbocycles. The number of hydrogen-bond acceptors (Lipinski definition) is 4. The minimum absolute atomic E-state index is 0.318. The van der Waals surface area contributed by atoms with Crippen molar-refractivity contribution >= 4 is 28.1 Å². The van der Waals surface area contributed by atoms with Gasteiger partial charge in [0.1, 0.15) is 5.75 Å². The Kier molecular flexibility index (Phi) is 5.17. The van der Waals surface area contributed by atoms with Crippen molar-refractivity contribution < 1.29 is 9.53 Å². The first-order valence-electron chi connectivity index (χ1n) is 8.38. The fraction of sp³-hybridized carbons (Fsp3) is 0.143. The molecule has 0 aliphatic heterocycles.